The molecule has 2 N–H and O–H groups in total. The highest BCUT2D eigenvalue weighted by Crippen LogP contribution is 2.13. The summed E-state index contributed by atoms with van der Waals surface area (Å²) in [6.45, 7) is 0.517. The molecule has 1 aromatic heterocycles. The Bertz CT molecular complexity index is 560. The Kier molecular flexibility index (Phi) is 4.27. The maximum Gasteiger partial charge on any atom is 0.267 e. The molecule has 0 spiro atoms. The van der Waals surface area contributed by atoms with E-state index in [9.17, 15) is 4.79 Å². The van der Waals surface area contributed by atoms with Crippen molar-refractivity contribution in [1.29, 1.82) is 0 Å². The molecule has 0 saturated heterocycles. The molecule has 1 aromatic carbocycles. The van der Waals surface area contributed by atoms with E-state index in [0.717, 1.165) is 15.7 Å². The van der Waals surface area contributed by atoms with E-state index < -0.39 is 0 Å². The highest BCUT2D eigenvalue weighted by Gasteiger charge is 2.07. The third-order valence-corrected chi connectivity index (χ3v) is 3.26. The van der Waals surface area contributed by atoms with Gasteiger partial charge in [0.05, 0.1) is 0 Å². The molecule has 2 rings (SSSR count). The number of nitrogens with one attached hydrogen (secondary N) is 2. The number of halogens is 1. The lowest BCUT2D eigenvalue weighted by molar-refractivity contribution is 0.0946. The predicted octanol–water partition coefficient (Wildman–Crippen LogP) is 2.77. The van der Waals surface area contributed by atoms with Gasteiger partial charge in [-0.15, -0.1) is 0 Å². The van der Waals surface area contributed by atoms with Gasteiger partial charge in [-0.3, -0.25) is 4.79 Å². The van der Waals surface area contributed by atoms with Crippen LogP contribution in [0.3, 0.4) is 0 Å². The Morgan fingerprint density at radius 3 is 2.53 bits per heavy atom. The summed E-state index contributed by atoms with van der Waals surface area (Å²) in [5, 5.41) is 2.87. The summed E-state index contributed by atoms with van der Waals surface area (Å²) in [5.74, 6) is -0.109. The largest absolute Gasteiger partial charge is 0.378 e. The molecule has 0 aliphatic rings. The van der Waals surface area contributed by atoms with Crippen molar-refractivity contribution >= 4 is 27.5 Å². The van der Waals surface area contributed by atoms with Gasteiger partial charge in [0.1, 0.15) is 5.69 Å². The number of aromatic amines is 1. The summed E-state index contributed by atoms with van der Waals surface area (Å²) < 4.78 is 0.869. The van der Waals surface area contributed by atoms with Crippen LogP contribution < -0.4 is 10.2 Å². The normalized spacial score (nSPS) is 10.3. The van der Waals surface area contributed by atoms with Crippen LogP contribution >= 0.6 is 15.9 Å². The van der Waals surface area contributed by atoms with E-state index in [1.807, 2.05) is 43.3 Å². The number of rotatable bonds is 4. The van der Waals surface area contributed by atoms with Crippen molar-refractivity contribution in [1.82, 2.24) is 10.3 Å². The molecule has 19 heavy (non-hydrogen) atoms. The minimum atomic E-state index is -0.109. The second-order valence-electron chi connectivity index (χ2n) is 4.48. The molecular weight excluding hydrogens is 306 g/mol. The van der Waals surface area contributed by atoms with E-state index in [1.165, 1.54) is 0 Å². The van der Waals surface area contributed by atoms with Gasteiger partial charge in [0.15, 0.2) is 0 Å². The lowest BCUT2D eigenvalue weighted by atomic mass is 10.2. The number of carbonyl (C=O) groups excluding carboxylic acids is 1. The standard InChI is InChI=1S/C14H16BrN3O/c1-18(2)12-5-3-10(4-6-12)8-17-14(19)13-7-11(15)9-16-13/h3-7,9,16H,8H2,1-2H3,(H,17,19). The Morgan fingerprint density at radius 2 is 2.00 bits per heavy atom. The number of carbonyl (C=O) groups is 1. The number of benzene rings is 1. The molecule has 0 atom stereocenters. The molecule has 4 nitrogen and oxygen atoms in total. The number of amides is 1. The quantitative estimate of drug-likeness (QED) is 0.909. The van der Waals surface area contributed by atoms with E-state index in [0.29, 0.717) is 12.2 Å². The average Bonchev–Trinajstić information content (AvgIpc) is 2.83. The molecule has 0 aliphatic heterocycles. The van der Waals surface area contributed by atoms with Crippen LogP contribution in [0.4, 0.5) is 5.69 Å². The van der Waals surface area contributed by atoms with Crippen LogP contribution in [-0.2, 0) is 6.54 Å². The van der Waals surface area contributed by atoms with Crippen LogP contribution in [0.2, 0.25) is 0 Å². The number of hydrogen-bond acceptors (Lipinski definition) is 2. The first-order chi connectivity index (χ1) is 9.06. The van der Waals surface area contributed by atoms with Gasteiger partial charge in [-0.25, -0.2) is 0 Å². The first kappa shape index (κ1) is 13.7. The van der Waals surface area contributed by atoms with Crippen molar-refractivity contribution in [3.8, 4) is 0 Å². The van der Waals surface area contributed by atoms with Gasteiger partial charge >= 0.3 is 0 Å². The maximum absolute atomic E-state index is 11.8. The van der Waals surface area contributed by atoms with E-state index in [-0.39, 0.29) is 5.91 Å². The predicted molar refractivity (Wildman–Crippen MR) is 80.4 cm³/mol. The molecule has 0 bridgehead atoms. The molecule has 0 radical (unpaired) electrons. The number of nitrogens with zero attached hydrogens (tertiary/aromatic N) is 1. The highest BCUT2D eigenvalue weighted by atomic mass is 79.9. The van der Waals surface area contributed by atoms with Crippen LogP contribution in [0, 0.1) is 0 Å². The summed E-state index contributed by atoms with van der Waals surface area (Å²) in [7, 11) is 4.00. The fourth-order valence-corrected chi connectivity index (χ4v) is 2.03. The van der Waals surface area contributed by atoms with Crippen molar-refractivity contribution in [2.75, 3.05) is 19.0 Å². The molecule has 1 heterocycles. The van der Waals surface area contributed by atoms with Crippen LogP contribution in [0.15, 0.2) is 41.0 Å². The van der Waals surface area contributed by atoms with Gasteiger partial charge in [0.2, 0.25) is 0 Å². The van der Waals surface area contributed by atoms with Crippen molar-refractivity contribution < 1.29 is 4.79 Å². The molecule has 0 unspecified atom stereocenters. The smallest absolute Gasteiger partial charge is 0.267 e. The molecule has 0 saturated carbocycles. The molecular formula is C14H16BrN3O. The van der Waals surface area contributed by atoms with Gasteiger partial charge in [-0.2, -0.15) is 0 Å². The Hall–Kier alpha value is -1.75. The lowest BCUT2D eigenvalue weighted by Crippen LogP contribution is -2.23. The Balaban J connectivity index is 1.93. The molecule has 5 heteroatoms. The van der Waals surface area contributed by atoms with Crippen molar-refractivity contribution in [3.05, 3.63) is 52.3 Å². The molecule has 0 aliphatic carbocycles. The minimum Gasteiger partial charge on any atom is -0.378 e. The summed E-state index contributed by atoms with van der Waals surface area (Å²) in [6, 6.07) is 9.85. The minimum absolute atomic E-state index is 0.109. The lowest BCUT2D eigenvalue weighted by Gasteiger charge is -2.12. The zero-order chi connectivity index (χ0) is 13.8. The van der Waals surface area contributed by atoms with Gasteiger partial charge in [0, 0.05) is 37.0 Å². The zero-order valence-corrected chi connectivity index (χ0v) is 12.5. The number of H-pyrrole nitrogens is 1. The van der Waals surface area contributed by atoms with Crippen molar-refractivity contribution in [2.24, 2.45) is 0 Å². The fraction of sp³-hybridized carbons (Fsp3) is 0.214. The summed E-state index contributed by atoms with van der Waals surface area (Å²) in [4.78, 5) is 16.8. The second-order valence-corrected chi connectivity index (χ2v) is 5.39. The highest BCUT2D eigenvalue weighted by molar-refractivity contribution is 9.10. The first-order valence-electron chi connectivity index (χ1n) is 5.94. The van der Waals surface area contributed by atoms with E-state index in [1.54, 1.807) is 12.3 Å². The van der Waals surface area contributed by atoms with E-state index >= 15 is 0 Å². The summed E-state index contributed by atoms with van der Waals surface area (Å²) in [5.41, 5.74) is 2.77. The molecule has 2 aromatic rings. The second kappa shape index (κ2) is 5.93. The SMILES string of the molecule is CN(C)c1ccc(CNC(=O)c2cc(Br)c[nH]2)cc1. The van der Waals surface area contributed by atoms with E-state index in [4.69, 9.17) is 0 Å². The van der Waals surface area contributed by atoms with Crippen LogP contribution in [0.25, 0.3) is 0 Å². The zero-order valence-electron chi connectivity index (χ0n) is 10.9. The molecule has 0 fully saturated rings. The number of aromatic nitrogens is 1. The third-order valence-electron chi connectivity index (χ3n) is 2.80. The van der Waals surface area contributed by atoms with Crippen LogP contribution in [-0.4, -0.2) is 25.0 Å². The number of anilines is 1. The monoisotopic (exact) mass is 321 g/mol. The van der Waals surface area contributed by atoms with E-state index in [2.05, 4.69) is 26.2 Å². The Labute approximate surface area is 120 Å². The van der Waals surface area contributed by atoms with Gasteiger partial charge < -0.3 is 15.2 Å². The van der Waals surface area contributed by atoms with Gasteiger partial charge in [-0.05, 0) is 39.7 Å². The van der Waals surface area contributed by atoms with Crippen molar-refractivity contribution in [2.45, 2.75) is 6.54 Å². The molecule has 1 amide bonds. The van der Waals surface area contributed by atoms with Gasteiger partial charge in [0.25, 0.3) is 5.91 Å². The van der Waals surface area contributed by atoms with Crippen LogP contribution in [0.5, 0.6) is 0 Å². The average molecular weight is 322 g/mol. The summed E-state index contributed by atoms with van der Waals surface area (Å²) >= 11 is 3.30. The van der Waals surface area contributed by atoms with Crippen molar-refractivity contribution in [3.63, 3.8) is 0 Å². The summed E-state index contributed by atoms with van der Waals surface area (Å²) in [6.07, 6.45) is 1.74. The van der Waals surface area contributed by atoms with Gasteiger partial charge in [-0.1, -0.05) is 12.1 Å². The maximum atomic E-state index is 11.8. The third kappa shape index (κ3) is 3.61. The first-order valence-corrected chi connectivity index (χ1v) is 6.74. The fourth-order valence-electron chi connectivity index (χ4n) is 1.69. The topological polar surface area (TPSA) is 48.1 Å². The van der Waals surface area contributed by atoms with Crippen LogP contribution in [0.1, 0.15) is 16.1 Å². The number of hydrogen-bond donors (Lipinski definition) is 2. The Morgan fingerprint density at radius 1 is 1.32 bits per heavy atom. The molecule has 100 valence electrons.